The second-order valence-corrected chi connectivity index (χ2v) is 21.4. The van der Waals surface area contributed by atoms with E-state index in [1.807, 2.05) is 4.90 Å². The van der Waals surface area contributed by atoms with Gasteiger partial charge < -0.3 is 54.9 Å². The molecule has 6 heterocycles. The number of aryl methyl sites for hydroxylation is 1. The van der Waals surface area contributed by atoms with Crippen LogP contribution in [0.4, 0.5) is 10.1 Å². The normalized spacial score (nSPS) is 29.7. The number of ether oxygens (including phenoxy) is 4. The number of aromatic hydroxyl groups is 1. The number of aliphatic hydroxyl groups excluding tert-OH is 2. The Bertz CT molecular complexity index is 3170. The minimum Gasteiger partial charge on any atom is -0.507 e. The van der Waals surface area contributed by atoms with E-state index in [2.05, 4.69) is 10.6 Å². The summed E-state index contributed by atoms with van der Waals surface area (Å²) in [5.41, 5.74) is -1.32. The number of allylic oxidation sites excluding steroid dienone is 3. The molecule has 2 aliphatic carbocycles. The molecule has 4 aliphatic heterocycles. The third kappa shape index (κ3) is 10.3. The maximum Gasteiger partial charge on any atom is 0.341 e. The highest BCUT2D eigenvalue weighted by Gasteiger charge is 2.53. The van der Waals surface area contributed by atoms with Crippen LogP contribution in [-0.4, -0.2) is 124 Å². The lowest BCUT2D eigenvalue weighted by atomic mass is 9.78. The molecule has 1 saturated heterocycles. The Morgan fingerprint density at radius 2 is 1.64 bits per heavy atom. The SMILES string of the molecule is CO[C@H]1/C=C/O[C@@]2(C)Oc3c(C)c(O)c4c(c3C2=O)C(=O)C(CNC[C@H]2CCN(c3c(F)cn5c(=O)c(C(=O)O)cc(C6CC6)c5c3C)C2)=C(NC(=O)/C(C)=C\C=C\[C@H](C)[C@H](O)[C@@H](C)[C@@H](O)[C@@H](C)[C@H](OC(C)=O)[C@@H]1C)C4=O. The van der Waals surface area contributed by atoms with Crippen molar-refractivity contribution in [2.75, 3.05) is 38.2 Å². The molecule has 0 unspecified atom stereocenters. The number of nitrogens with one attached hydrogen (secondary N) is 2. The molecule has 9 rings (SSSR count). The van der Waals surface area contributed by atoms with Gasteiger partial charge in [-0.15, -0.1) is 0 Å². The second kappa shape index (κ2) is 21.8. The van der Waals surface area contributed by atoms with E-state index in [0.717, 1.165) is 29.7 Å². The Morgan fingerprint density at radius 3 is 2.29 bits per heavy atom. The summed E-state index contributed by atoms with van der Waals surface area (Å²) >= 11 is 0. The van der Waals surface area contributed by atoms with E-state index in [9.17, 15) is 49.2 Å². The van der Waals surface area contributed by atoms with E-state index in [-0.39, 0.29) is 58.6 Å². The van der Waals surface area contributed by atoms with Crippen molar-refractivity contribution in [1.82, 2.24) is 15.0 Å². The number of methoxy groups -OCH3 is 1. The lowest BCUT2D eigenvalue weighted by Gasteiger charge is -2.38. The third-order valence-corrected chi connectivity index (χ3v) is 16.1. The Labute approximate surface area is 444 Å². The van der Waals surface area contributed by atoms with Crippen molar-refractivity contribution >= 4 is 46.4 Å². The molecule has 0 spiro atoms. The number of halogens is 1. The summed E-state index contributed by atoms with van der Waals surface area (Å²) < 4.78 is 40.9. The number of anilines is 1. The third-order valence-electron chi connectivity index (χ3n) is 16.1. The van der Waals surface area contributed by atoms with Crippen LogP contribution in [0.3, 0.4) is 0 Å². The zero-order valence-electron chi connectivity index (χ0n) is 44.8. The van der Waals surface area contributed by atoms with Crippen molar-refractivity contribution in [2.24, 2.45) is 29.6 Å². The predicted molar refractivity (Wildman–Crippen MR) is 279 cm³/mol. The molecule has 1 saturated carbocycles. The Morgan fingerprint density at radius 1 is 0.935 bits per heavy atom. The number of aromatic carboxylic acids is 1. The molecule has 20 heteroatoms. The van der Waals surface area contributed by atoms with E-state index in [1.54, 1.807) is 40.7 Å². The van der Waals surface area contributed by atoms with Crippen LogP contribution in [0.25, 0.3) is 5.52 Å². The van der Waals surface area contributed by atoms with Gasteiger partial charge in [0, 0.05) is 87.5 Å². The summed E-state index contributed by atoms with van der Waals surface area (Å²) in [6.45, 7) is 14.5. The first-order valence-electron chi connectivity index (χ1n) is 25.9. The first kappa shape index (κ1) is 56.2. The minimum absolute atomic E-state index is 0.0354. The fraction of sp³-hybridized carbons (Fsp3) is 0.491. The number of esters is 1. The topological polar surface area (TPSA) is 269 Å². The first-order valence-corrected chi connectivity index (χ1v) is 25.9. The van der Waals surface area contributed by atoms with E-state index >= 15 is 9.18 Å². The summed E-state index contributed by atoms with van der Waals surface area (Å²) in [7, 11) is 1.41. The molecule has 6 aliphatic rings. The molecular weight excluding hydrogens is 1000 g/mol. The Balaban J connectivity index is 1.13. The van der Waals surface area contributed by atoms with Crippen molar-refractivity contribution in [3.63, 3.8) is 0 Å². The van der Waals surface area contributed by atoms with E-state index in [0.29, 0.717) is 36.2 Å². The average molecular weight is 1070 g/mol. The summed E-state index contributed by atoms with van der Waals surface area (Å²) in [4.78, 5) is 98.1. The quantitative estimate of drug-likeness (QED) is 0.139. The molecule has 2 fully saturated rings. The zero-order chi connectivity index (χ0) is 56.3. The zero-order valence-corrected chi connectivity index (χ0v) is 44.8. The van der Waals surface area contributed by atoms with Gasteiger partial charge in [0.25, 0.3) is 17.2 Å². The molecule has 19 nitrogen and oxygen atoms in total. The van der Waals surface area contributed by atoms with E-state index in [1.165, 1.54) is 59.1 Å². The Kier molecular flexibility index (Phi) is 15.9. The van der Waals surface area contributed by atoms with Crippen LogP contribution in [-0.2, 0) is 23.8 Å². The van der Waals surface area contributed by atoms with Crippen LogP contribution < -0.4 is 25.8 Å². The van der Waals surface area contributed by atoms with Gasteiger partial charge >= 0.3 is 17.7 Å². The van der Waals surface area contributed by atoms with Crippen LogP contribution in [0.15, 0.2) is 64.5 Å². The molecule has 77 heavy (non-hydrogen) atoms. The number of ketones is 3. The predicted octanol–water partition coefficient (Wildman–Crippen LogP) is 5.75. The van der Waals surface area contributed by atoms with Gasteiger partial charge in [0.15, 0.2) is 11.6 Å². The molecule has 1 aromatic carbocycles. The number of hydrogen-bond donors (Lipinski definition) is 6. The molecule has 2 aromatic heterocycles. The number of nitrogens with zero attached hydrogens (tertiary/aromatic N) is 2. The molecule has 412 valence electrons. The summed E-state index contributed by atoms with van der Waals surface area (Å²) in [6.07, 6.45) is 6.29. The first-order chi connectivity index (χ1) is 36.3. The van der Waals surface area contributed by atoms with Crippen LogP contribution in [0.5, 0.6) is 11.5 Å². The smallest absolute Gasteiger partial charge is 0.341 e. The summed E-state index contributed by atoms with van der Waals surface area (Å²) in [5, 5.41) is 50.4. The molecule has 6 N–H and O–H groups in total. The van der Waals surface area contributed by atoms with Crippen molar-refractivity contribution in [3.05, 3.63) is 115 Å². The summed E-state index contributed by atoms with van der Waals surface area (Å²) in [6, 6.07) is 1.40. The number of benzene rings is 1. The minimum atomic E-state index is -2.16. The van der Waals surface area contributed by atoms with Gasteiger partial charge in [0.2, 0.25) is 5.78 Å². The van der Waals surface area contributed by atoms with Gasteiger partial charge in [-0.3, -0.25) is 33.2 Å². The summed E-state index contributed by atoms with van der Waals surface area (Å²) in [5.74, 6) is -12.1. The number of Topliss-reactive ketones (excluding diaryl/α,β-unsaturated/α-hetero) is 3. The second-order valence-electron chi connectivity index (χ2n) is 21.4. The number of carbonyl (C=O) groups is 6. The van der Waals surface area contributed by atoms with Gasteiger partial charge in [-0.25, -0.2) is 9.18 Å². The van der Waals surface area contributed by atoms with Crippen molar-refractivity contribution in [1.29, 1.82) is 0 Å². The number of phenolic OH excluding ortho intramolecular Hbond substituents is 1. The maximum atomic E-state index is 16.2. The molecule has 0 radical (unpaired) electrons. The van der Waals surface area contributed by atoms with Gasteiger partial charge in [-0.05, 0) is 75.1 Å². The number of pyridine rings is 2. The number of amides is 1. The molecule has 10 atom stereocenters. The average Bonchev–Trinajstić information content (AvgIpc) is 4.07. The standard InChI is InChI=1S/C57H67FN4O15/c1-25-12-11-13-26(2)54(70)60-43-37(22-59-21-33-16-18-61(23-33)45-28(4)44-35(34-14-15-34)20-36(56(72)73)55(71)62(44)24-38(45)58)49(67)40-41(50(43)68)48(66)31(7)52-42(40)53(69)57(9,77-52)75-19-17-39(74-10)27(3)51(76-32(8)63)30(6)47(65)29(5)46(25)64/h11-13,17,19-20,24-25,27,29-30,33-34,39,46-47,51,59,64-66H,14-16,18,21-23H2,1-10H3,(H,60,70)(H,72,73)/b12-11+,19-17+,26-13-/t25-,27+,29+,30+,33+,39-,46-,47+,51+,57-/m0/s1. The van der Waals surface area contributed by atoms with Gasteiger partial charge in [-0.2, -0.15) is 0 Å². The van der Waals surface area contributed by atoms with E-state index in [4.69, 9.17) is 18.9 Å². The Hall–Kier alpha value is -7.00. The highest BCUT2D eigenvalue weighted by atomic mass is 19.1. The maximum absolute atomic E-state index is 16.2. The number of carboxylic acid groups (broad SMARTS) is 1. The van der Waals surface area contributed by atoms with Crippen LogP contribution in [0, 0.1) is 49.3 Å². The van der Waals surface area contributed by atoms with Crippen LogP contribution >= 0.6 is 0 Å². The fourth-order valence-corrected chi connectivity index (χ4v) is 11.4. The van der Waals surface area contributed by atoms with Crippen LogP contribution in [0.2, 0.25) is 0 Å². The monoisotopic (exact) mass is 1070 g/mol. The van der Waals surface area contributed by atoms with Crippen molar-refractivity contribution < 1.29 is 72.5 Å². The fourth-order valence-electron chi connectivity index (χ4n) is 11.4. The number of fused-ring (bicyclic) bond motifs is 15. The highest BCUT2D eigenvalue weighted by molar-refractivity contribution is 6.32. The van der Waals surface area contributed by atoms with Crippen molar-refractivity contribution in [2.45, 2.75) is 118 Å². The van der Waals surface area contributed by atoms with Gasteiger partial charge in [-0.1, -0.05) is 45.9 Å². The molecule has 1 amide bonds. The number of aliphatic hydroxyl groups is 2. The van der Waals surface area contributed by atoms with Crippen LogP contribution in [0.1, 0.15) is 132 Å². The number of rotatable bonds is 9. The van der Waals surface area contributed by atoms with Gasteiger partial charge in [0.1, 0.15) is 23.2 Å². The lowest BCUT2D eigenvalue weighted by molar-refractivity contribution is -0.160. The molecule has 5 bridgehead atoms. The molecular formula is C57H67FN4O15. The lowest BCUT2D eigenvalue weighted by Crippen LogP contribution is -2.46. The van der Waals surface area contributed by atoms with Crippen molar-refractivity contribution in [3.8, 4) is 11.5 Å². The largest absolute Gasteiger partial charge is 0.507 e. The van der Waals surface area contributed by atoms with E-state index < -0.39 is 129 Å². The number of aromatic nitrogens is 1. The number of carboxylic acids is 1. The highest BCUT2D eigenvalue weighted by Crippen LogP contribution is 2.49. The number of phenols is 1. The molecule has 3 aromatic rings. The van der Waals surface area contributed by atoms with Gasteiger partial charge in [0.05, 0.1) is 64.4 Å². The number of carbonyl (C=O) groups excluding carboxylic acids is 5. The number of hydrogen-bond acceptors (Lipinski definition) is 16.